The first-order chi connectivity index (χ1) is 17.9. The van der Waals surface area contributed by atoms with Crippen molar-refractivity contribution in [3.8, 4) is 16.2 Å². The van der Waals surface area contributed by atoms with Crippen LogP contribution in [0.2, 0.25) is 18.1 Å². The Hall–Kier alpha value is -2.42. The number of carbonyl (C=O) groups is 1. The lowest BCUT2D eigenvalue weighted by Gasteiger charge is -2.40. The van der Waals surface area contributed by atoms with Crippen LogP contribution >= 0.6 is 11.3 Å². The molecule has 1 saturated carbocycles. The van der Waals surface area contributed by atoms with Gasteiger partial charge in [0, 0.05) is 34.0 Å². The van der Waals surface area contributed by atoms with Crippen molar-refractivity contribution in [2.24, 2.45) is 0 Å². The van der Waals surface area contributed by atoms with Gasteiger partial charge in [-0.1, -0.05) is 20.8 Å². The Kier molecular flexibility index (Phi) is 7.11. The predicted octanol–water partition coefficient (Wildman–Crippen LogP) is 7.13. The molecule has 2 aliphatic rings. The first-order valence-electron chi connectivity index (χ1n) is 13.7. The molecule has 2 aromatic heterocycles. The molecule has 0 bridgehead atoms. The Labute approximate surface area is 230 Å². The number of benzene rings is 1. The van der Waals surface area contributed by atoms with Gasteiger partial charge >= 0.3 is 5.97 Å². The van der Waals surface area contributed by atoms with Crippen LogP contribution in [0.25, 0.3) is 21.3 Å². The molecule has 2 aliphatic carbocycles. The third-order valence-electron chi connectivity index (χ3n) is 8.37. The highest BCUT2D eigenvalue weighted by atomic mass is 32.1. The van der Waals surface area contributed by atoms with Gasteiger partial charge in [-0.2, -0.15) is 0 Å². The SMILES string of the molecule is CCOC(=O)c1cn(C2CC2)c2c(OC)c(-c3cc4c(s3)CC(O[Si](C)(C)C(C)(C)C)CC4)ccc2c1=O. The third-order valence-corrected chi connectivity index (χ3v) is 14.1. The fraction of sp³-hybridized carbons (Fsp3) is 0.533. The minimum Gasteiger partial charge on any atom is -0.494 e. The van der Waals surface area contributed by atoms with Gasteiger partial charge in [0.25, 0.3) is 0 Å². The maximum atomic E-state index is 13.4. The number of rotatable bonds is 7. The summed E-state index contributed by atoms with van der Waals surface area (Å²) in [5.41, 5.74) is 2.91. The molecule has 0 spiro atoms. The second kappa shape index (κ2) is 9.95. The summed E-state index contributed by atoms with van der Waals surface area (Å²) in [6, 6.07) is 6.35. The summed E-state index contributed by atoms with van der Waals surface area (Å²) in [4.78, 5) is 28.4. The molecule has 0 N–H and O–H groups in total. The number of fused-ring (bicyclic) bond motifs is 2. The molecule has 1 unspecified atom stereocenters. The van der Waals surface area contributed by atoms with Gasteiger partial charge in [-0.25, -0.2) is 4.79 Å². The average Bonchev–Trinajstić information content (AvgIpc) is 3.61. The Morgan fingerprint density at radius 3 is 2.55 bits per heavy atom. The fourth-order valence-electron chi connectivity index (χ4n) is 5.12. The van der Waals surface area contributed by atoms with Crippen LogP contribution in [-0.2, 0) is 22.0 Å². The average molecular weight is 554 g/mol. The minimum absolute atomic E-state index is 0.0837. The zero-order valence-corrected chi connectivity index (χ0v) is 25.4. The summed E-state index contributed by atoms with van der Waals surface area (Å²) in [6.45, 7) is 13.5. The zero-order chi connectivity index (χ0) is 27.4. The van der Waals surface area contributed by atoms with Gasteiger partial charge in [0.05, 0.1) is 30.7 Å². The smallest absolute Gasteiger partial charge is 0.343 e. The van der Waals surface area contributed by atoms with Gasteiger partial charge in [-0.05, 0) is 74.5 Å². The zero-order valence-electron chi connectivity index (χ0n) is 23.6. The van der Waals surface area contributed by atoms with Crippen molar-refractivity contribution in [3.63, 3.8) is 0 Å². The van der Waals surface area contributed by atoms with E-state index in [4.69, 9.17) is 13.9 Å². The molecule has 8 heteroatoms. The van der Waals surface area contributed by atoms with Crippen LogP contribution in [0.3, 0.4) is 0 Å². The number of carbonyl (C=O) groups excluding carboxylic acids is 1. The molecule has 0 aliphatic heterocycles. The molecule has 6 nitrogen and oxygen atoms in total. The molecule has 1 fully saturated rings. The number of aryl methyl sites for hydroxylation is 1. The van der Waals surface area contributed by atoms with Crippen molar-refractivity contribution in [1.82, 2.24) is 4.57 Å². The van der Waals surface area contributed by atoms with Crippen LogP contribution in [0.1, 0.15) is 73.8 Å². The Bertz CT molecular complexity index is 1440. The quantitative estimate of drug-likeness (QED) is 0.230. The Morgan fingerprint density at radius 1 is 1.18 bits per heavy atom. The summed E-state index contributed by atoms with van der Waals surface area (Å²) in [5.74, 6) is 0.117. The number of ether oxygens (including phenoxy) is 2. The lowest BCUT2D eigenvalue weighted by atomic mass is 9.96. The van der Waals surface area contributed by atoms with Gasteiger partial charge < -0.3 is 18.5 Å². The van der Waals surface area contributed by atoms with Crippen LogP contribution in [0.15, 0.2) is 29.2 Å². The monoisotopic (exact) mass is 553 g/mol. The van der Waals surface area contributed by atoms with E-state index in [0.717, 1.165) is 48.1 Å². The van der Waals surface area contributed by atoms with Crippen molar-refractivity contribution >= 4 is 36.5 Å². The maximum absolute atomic E-state index is 13.4. The normalized spacial score (nSPS) is 17.9. The van der Waals surface area contributed by atoms with E-state index in [1.165, 1.54) is 10.4 Å². The molecular weight excluding hydrogens is 514 g/mol. The van der Waals surface area contributed by atoms with Gasteiger partial charge in [0.2, 0.25) is 5.43 Å². The summed E-state index contributed by atoms with van der Waals surface area (Å²) < 4.78 is 20.0. The van der Waals surface area contributed by atoms with Crippen LogP contribution < -0.4 is 10.2 Å². The van der Waals surface area contributed by atoms with Crippen LogP contribution in [0.5, 0.6) is 5.75 Å². The third kappa shape index (κ3) is 4.87. The van der Waals surface area contributed by atoms with E-state index in [2.05, 4.69) is 44.5 Å². The summed E-state index contributed by atoms with van der Waals surface area (Å²) >= 11 is 1.81. The Morgan fingerprint density at radius 2 is 1.92 bits per heavy atom. The largest absolute Gasteiger partial charge is 0.494 e. The molecule has 1 atom stereocenters. The standard InChI is InChI=1S/C30H39NO5SSi/c1-8-35-29(33)23-17-31(19-10-11-19)26-22(27(23)32)14-13-21(28(26)34-5)25-15-18-9-12-20(16-24(18)37-25)36-38(6,7)30(2,3)4/h13-15,17,19-20H,8-12,16H2,1-7H3. The van der Waals surface area contributed by atoms with Crippen molar-refractivity contribution in [1.29, 1.82) is 0 Å². The number of esters is 1. The van der Waals surface area contributed by atoms with E-state index in [-0.39, 0.29) is 34.8 Å². The number of aromatic nitrogens is 1. The van der Waals surface area contributed by atoms with E-state index in [9.17, 15) is 9.59 Å². The van der Waals surface area contributed by atoms with E-state index < -0.39 is 14.3 Å². The summed E-state index contributed by atoms with van der Waals surface area (Å²) in [6.07, 6.45) is 6.95. The molecule has 2 heterocycles. The molecule has 204 valence electrons. The molecule has 1 aromatic carbocycles. The molecule has 5 rings (SSSR count). The van der Waals surface area contributed by atoms with Gasteiger partial charge in [-0.3, -0.25) is 4.79 Å². The lowest BCUT2D eigenvalue weighted by molar-refractivity contribution is 0.0524. The molecule has 3 aromatic rings. The van der Waals surface area contributed by atoms with Gasteiger partial charge in [0.1, 0.15) is 5.56 Å². The van der Waals surface area contributed by atoms with Crippen molar-refractivity contribution in [3.05, 3.63) is 50.6 Å². The highest BCUT2D eigenvalue weighted by Gasteiger charge is 2.40. The number of pyridine rings is 1. The van der Waals surface area contributed by atoms with Crippen molar-refractivity contribution in [2.45, 2.75) is 90.1 Å². The highest BCUT2D eigenvalue weighted by molar-refractivity contribution is 7.15. The summed E-state index contributed by atoms with van der Waals surface area (Å²) in [5, 5.41) is 0.684. The number of hydrogen-bond acceptors (Lipinski definition) is 6. The first-order valence-corrected chi connectivity index (χ1v) is 17.4. The highest BCUT2D eigenvalue weighted by Crippen LogP contribution is 2.46. The second-order valence-electron chi connectivity index (χ2n) is 12.1. The molecule has 38 heavy (non-hydrogen) atoms. The maximum Gasteiger partial charge on any atom is 0.343 e. The topological polar surface area (TPSA) is 66.8 Å². The molecule has 0 amide bonds. The van der Waals surface area contributed by atoms with E-state index in [1.807, 2.05) is 12.1 Å². The molecular formula is C30H39NO5SSi. The Balaban J connectivity index is 1.55. The van der Waals surface area contributed by atoms with E-state index in [0.29, 0.717) is 11.1 Å². The van der Waals surface area contributed by atoms with E-state index in [1.54, 1.807) is 31.6 Å². The van der Waals surface area contributed by atoms with Crippen LogP contribution in [0, 0.1) is 0 Å². The lowest BCUT2D eigenvalue weighted by Crippen LogP contribution is -2.45. The number of methoxy groups -OCH3 is 1. The fourth-order valence-corrected chi connectivity index (χ4v) is 7.80. The second-order valence-corrected chi connectivity index (χ2v) is 18.0. The van der Waals surface area contributed by atoms with Gasteiger partial charge in [-0.15, -0.1) is 11.3 Å². The number of thiophene rings is 1. The predicted molar refractivity (Wildman–Crippen MR) is 156 cm³/mol. The van der Waals surface area contributed by atoms with Crippen LogP contribution in [-0.4, -0.2) is 38.7 Å². The van der Waals surface area contributed by atoms with Crippen LogP contribution in [0.4, 0.5) is 0 Å². The number of hydrogen-bond donors (Lipinski definition) is 0. The van der Waals surface area contributed by atoms with Gasteiger partial charge in [0.15, 0.2) is 14.1 Å². The van der Waals surface area contributed by atoms with Crippen molar-refractivity contribution < 1.29 is 18.7 Å². The first kappa shape index (κ1) is 27.2. The van der Waals surface area contributed by atoms with Crippen molar-refractivity contribution in [2.75, 3.05) is 13.7 Å². The minimum atomic E-state index is -1.83. The summed E-state index contributed by atoms with van der Waals surface area (Å²) in [7, 11) is -0.169. The number of nitrogens with zero attached hydrogens (tertiary/aromatic N) is 1. The molecule has 0 radical (unpaired) electrons. The van der Waals surface area contributed by atoms with E-state index >= 15 is 0 Å². The molecule has 0 saturated heterocycles.